The van der Waals surface area contributed by atoms with Gasteiger partial charge in [0.15, 0.2) is 0 Å². The molecule has 23 heavy (non-hydrogen) atoms. The minimum Gasteiger partial charge on any atom is -0.468 e. The van der Waals surface area contributed by atoms with Crippen LogP contribution in [-0.2, 0) is 6.54 Å². The Bertz CT molecular complexity index is 639. The van der Waals surface area contributed by atoms with Crippen molar-refractivity contribution in [2.24, 2.45) is 0 Å². The van der Waals surface area contributed by atoms with E-state index in [4.69, 9.17) is 9.68 Å². The molecule has 2 aromatic rings. The van der Waals surface area contributed by atoms with Gasteiger partial charge in [0.25, 0.3) is 0 Å². The minimum atomic E-state index is 0.282. The van der Waals surface area contributed by atoms with Crippen molar-refractivity contribution in [3.8, 4) is 6.07 Å². The molecule has 3 rings (SSSR count). The molecule has 1 unspecified atom stereocenters. The van der Waals surface area contributed by atoms with Gasteiger partial charge >= 0.3 is 0 Å². The van der Waals surface area contributed by atoms with E-state index < -0.39 is 0 Å². The molecule has 1 N–H and O–H groups in total. The minimum absolute atomic E-state index is 0.282. The van der Waals surface area contributed by atoms with Crippen LogP contribution in [0.5, 0.6) is 0 Å². The molecule has 0 spiro atoms. The summed E-state index contributed by atoms with van der Waals surface area (Å²) in [6, 6.07) is 14.3. The molecule has 2 heterocycles. The van der Waals surface area contributed by atoms with Crippen molar-refractivity contribution < 1.29 is 4.42 Å². The lowest BCUT2D eigenvalue weighted by molar-refractivity contribution is 0.142. The van der Waals surface area contributed by atoms with Crippen LogP contribution in [0, 0.1) is 11.3 Å². The Balaban J connectivity index is 1.61. The van der Waals surface area contributed by atoms with Crippen LogP contribution in [-0.4, -0.2) is 24.5 Å². The zero-order chi connectivity index (χ0) is 15.9. The van der Waals surface area contributed by atoms with Gasteiger partial charge in [-0.05, 0) is 55.8 Å². The van der Waals surface area contributed by atoms with Gasteiger partial charge in [0.2, 0.25) is 0 Å². The van der Waals surface area contributed by atoms with Gasteiger partial charge in [0.05, 0.1) is 23.9 Å². The smallest absolute Gasteiger partial charge is 0.122 e. The van der Waals surface area contributed by atoms with Crippen molar-refractivity contribution in [2.45, 2.75) is 31.8 Å². The molecule has 0 saturated carbocycles. The van der Waals surface area contributed by atoms with Gasteiger partial charge in [-0.2, -0.15) is 5.26 Å². The highest BCUT2D eigenvalue weighted by Gasteiger charge is 2.23. The van der Waals surface area contributed by atoms with Crippen molar-refractivity contribution in [3.63, 3.8) is 0 Å². The maximum absolute atomic E-state index is 8.98. The van der Waals surface area contributed by atoms with Crippen LogP contribution in [0.25, 0.3) is 0 Å². The number of furan rings is 1. The van der Waals surface area contributed by atoms with E-state index in [0.29, 0.717) is 5.56 Å². The van der Waals surface area contributed by atoms with E-state index in [0.717, 1.165) is 37.5 Å². The van der Waals surface area contributed by atoms with E-state index in [1.165, 1.54) is 19.3 Å². The highest BCUT2D eigenvalue weighted by molar-refractivity contribution is 5.32. The van der Waals surface area contributed by atoms with Crippen molar-refractivity contribution in [3.05, 3.63) is 59.5 Å². The molecule has 120 valence electrons. The predicted molar refractivity (Wildman–Crippen MR) is 89.7 cm³/mol. The van der Waals surface area contributed by atoms with Crippen LogP contribution in [0.3, 0.4) is 0 Å². The lowest BCUT2D eigenvalue weighted by Gasteiger charge is -2.33. The zero-order valence-corrected chi connectivity index (χ0v) is 13.4. The number of nitrogens with zero attached hydrogens (tertiary/aromatic N) is 2. The van der Waals surface area contributed by atoms with Crippen LogP contribution in [0.1, 0.15) is 42.2 Å². The summed E-state index contributed by atoms with van der Waals surface area (Å²) in [6.07, 6.45) is 5.61. The number of likely N-dealkylation sites (tertiary alicyclic amines) is 1. The summed E-state index contributed by atoms with van der Waals surface area (Å²) in [6.45, 7) is 3.89. The van der Waals surface area contributed by atoms with E-state index in [-0.39, 0.29) is 6.04 Å². The standard InChI is InChI=1S/C19H23N3O/c20-13-16-6-4-7-17(12-16)14-21-15-18(19-8-5-11-23-19)22-9-2-1-3-10-22/h4-8,11-12,18,21H,1-3,9-10,14-15H2. The molecule has 4 heteroatoms. The average molecular weight is 309 g/mol. The van der Waals surface area contributed by atoms with Gasteiger partial charge in [0.1, 0.15) is 5.76 Å². The Kier molecular flexibility index (Phi) is 5.46. The van der Waals surface area contributed by atoms with E-state index in [1.54, 1.807) is 6.26 Å². The fourth-order valence-corrected chi connectivity index (χ4v) is 3.22. The first-order valence-electron chi connectivity index (χ1n) is 8.34. The topological polar surface area (TPSA) is 52.2 Å². The van der Waals surface area contributed by atoms with Crippen LogP contribution in [0.15, 0.2) is 47.1 Å². The van der Waals surface area contributed by atoms with Gasteiger partial charge in [-0.15, -0.1) is 0 Å². The Morgan fingerprint density at radius 1 is 1.17 bits per heavy atom. The second-order valence-electron chi connectivity index (χ2n) is 6.07. The van der Waals surface area contributed by atoms with Crippen molar-refractivity contribution >= 4 is 0 Å². The second kappa shape index (κ2) is 7.96. The Labute approximate surface area is 137 Å². The molecular weight excluding hydrogens is 286 g/mol. The third kappa shape index (κ3) is 4.22. The number of nitriles is 1. The number of piperidine rings is 1. The summed E-state index contributed by atoms with van der Waals surface area (Å²) in [5, 5.41) is 12.5. The quantitative estimate of drug-likeness (QED) is 0.888. The number of rotatable bonds is 6. The number of nitrogens with one attached hydrogen (secondary N) is 1. The Morgan fingerprint density at radius 3 is 2.78 bits per heavy atom. The maximum atomic E-state index is 8.98. The molecule has 0 bridgehead atoms. The predicted octanol–water partition coefficient (Wildman–Crippen LogP) is 3.47. The molecule has 0 aliphatic carbocycles. The largest absolute Gasteiger partial charge is 0.468 e. The summed E-state index contributed by atoms with van der Waals surface area (Å²) in [5.41, 5.74) is 1.85. The summed E-state index contributed by atoms with van der Waals surface area (Å²) >= 11 is 0. The first kappa shape index (κ1) is 15.8. The average Bonchev–Trinajstić information content (AvgIpc) is 3.14. The fourth-order valence-electron chi connectivity index (χ4n) is 3.22. The molecule has 1 saturated heterocycles. The fraction of sp³-hybridized carbons (Fsp3) is 0.421. The van der Waals surface area contributed by atoms with E-state index in [1.807, 2.05) is 24.3 Å². The van der Waals surface area contributed by atoms with Crippen LogP contribution >= 0.6 is 0 Å². The summed E-state index contributed by atoms with van der Waals surface area (Å²) in [7, 11) is 0. The van der Waals surface area contributed by atoms with E-state index in [9.17, 15) is 0 Å². The first-order valence-corrected chi connectivity index (χ1v) is 8.34. The van der Waals surface area contributed by atoms with Gasteiger partial charge < -0.3 is 9.73 Å². The molecule has 1 fully saturated rings. The monoisotopic (exact) mass is 309 g/mol. The number of hydrogen-bond acceptors (Lipinski definition) is 4. The molecule has 1 aliphatic rings. The van der Waals surface area contributed by atoms with Crippen molar-refractivity contribution in [2.75, 3.05) is 19.6 Å². The van der Waals surface area contributed by atoms with Crippen LogP contribution in [0.2, 0.25) is 0 Å². The number of benzene rings is 1. The first-order chi connectivity index (χ1) is 11.4. The Morgan fingerprint density at radius 2 is 2.04 bits per heavy atom. The van der Waals surface area contributed by atoms with Gasteiger partial charge in [-0.1, -0.05) is 18.6 Å². The summed E-state index contributed by atoms with van der Waals surface area (Å²) in [4.78, 5) is 2.51. The molecule has 4 nitrogen and oxygen atoms in total. The lowest BCUT2D eigenvalue weighted by Crippen LogP contribution is -2.38. The van der Waals surface area contributed by atoms with Gasteiger partial charge in [0, 0.05) is 13.1 Å². The van der Waals surface area contributed by atoms with Gasteiger partial charge in [-0.25, -0.2) is 0 Å². The third-order valence-corrected chi connectivity index (χ3v) is 4.43. The molecule has 0 amide bonds. The summed E-state index contributed by atoms with van der Waals surface area (Å²) < 4.78 is 5.66. The van der Waals surface area contributed by atoms with Crippen molar-refractivity contribution in [1.29, 1.82) is 5.26 Å². The molecule has 1 atom stereocenters. The second-order valence-corrected chi connectivity index (χ2v) is 6.07. The van der Waals surface area contributed by atoms with E-state index in [2.05, 4.69) is 28.4 Å². The summed E-state index contributed by atoms with van der Waals surface area (Å²) in [5.74, 6) is 1.03. The molecular formula is C19H23N3O. The van der Waals surface area contributed by atoms with Gasteiger partial charge in [-0.3, -0.25) is 4.90 Å². The van der Waals surface area contributed by atoms with Crippen LogP contribution < -0.4 is 5.32 Å². The molecule has 1 aliphatic heterocycles. The third-order valence-electron chi connectivity index (χ3n) is 4.43. The Hall–Kier alpha value is -2.09. The highest BCUT2D eigenvalue weighted by atomic mass is 16.3. The lowest BCUT2D eigenvalue weighted by atomic mass is 10.1. The highest BCUT2D eigenvalue weighted by Crippen LogP contribution is 2.24. The zero-order valence-electron chi connectivity index (χ0n) is 13.4. The molecule has 1 aromatic carbocycles. The molecule has 1 aromatic heterocycles. The maximum Gasteiger partial charge on any atom is 0.122 e. The molecule has 0 radical (unpaired) electrons. The van der Waals surface area contributed by atoms with Crippen molar-refractivity contribution in [1.82, 2.24) is 10.2 Å². The normalized spacial score (nSPS) is 16.8. The van der Waals surface area contributed by atoms with E-state index >= 15 is 0 Å². The SMILES string of the molecule is N#Cc1cccc(CNCC(c2ccco2)N2CCCCC2)c1. The van der Waals surface area contributed by atoms with Crippen LogP contribution in [0.4, 0.5) is 0 Å². The number of hydrogen-bond donors (Lipinski definition) is 1.